The van der Waals surface area contributed by atoms with E-state index in [0.29, 0.717) is 11.1 Å². The molecule has 98 valence electrons. The van der Waals surface area contributed by atoms with E-state index in [9.17, 15) is 8.78 Å². The Morgan fingerprint density at radius 3 is 2.74 bits per heavy atom. The second-order valence-electron chi connectivity index (χ2n) is 4.96. The third-order valence-corrected chi connectivity index (χ3v) is 3.63. The highest BCUT2D eigenvalue weighted by Crippen LogP contribution is 2.31. The Kier molecular flexibility index (Phi) is 2.97. The molecule has 0 aliphatic carbocycles. The molecule has 2 aromatic carbocycles. The summed E-state index contributed by atoms with van der Waals surface area (Å²) >= 11 is 0. The first-order valence-corrected chi connectivity index (χ1v) is 6.48. The average molecular weight is 259 g/mol. The number of fused-ring (bicyclic) bond motifs is 1. The van der Waals surface area contributed by atoms with Crippen LogP contribution in [-0.4, -0.2) is 6.54 Å². The van der Waals surface area contributed by atoms with E-state index < -0.39 is 11.6 Å². The minimum Gasteiger partial charge on any atom is -0.385 e. The third-order valence-electron chi connectivity index (χ3n) is 3.63. The lowest BCUT2D eigenvalue weighted by Gasteiger charge is -2.19. The van der Waals surface area contributed by atoms with Gasteiger partial charge in [-0.3, -0.25) is 0 Å². The molecule has 1 nitrogen and oxygen atoms in total. The summed E-state index contributed by atoms with van der Waals surface area (Å²) in [7, 11) is 0. The fourth-order valence-electron chi connectivity index (χ4n) is 2.51. The second kappa shape index (κ2) is 4.65. The van der Waals surface area contributed by atoms with Crippen molar-refractivity contribution in [3.63, 3.8) is 0 Å². The van der Waals surface area contributed by atoms with Crippen LogP contribution in [0.5, 0.6) is 0 Å². The van der Waals surface area contributed by atoms with Crippen LogP contribution in [0.25, 0.3) is 11.1 Å². The first-order valence-electron chi connectivity index (χ1n) is 6.48. The topological polar surface area (TPSA) is 12.0 Å². The predicted molar refractivity (Wildman–Crippen MR) is 73.3 cm³/mol. The molecular weight excluding hydrogens is 244 g/mol. The highest BCUT2D eigenvalue weighted by Gasteiger charge is 2.15. The number of aryl methyl sites for hydroxylation is 2. The monoisotopic (exact) mass is 259 g/mol. The van der Waals surface area contributed by atoms with Gasteiger partial charge in [-0.15, -0.1) is 0 Å². The van der Waals surface area contributed by atoms with Crippen LogP contribution < -0.4 is 5.32 Å². The minimum atomic E-state index is -0.760. The molecule has 1 aliphatic heterocycles. The molecule has 2 aromatic rings. The predicted octanol–water partition coefficient (Wildman–Crippen LogP) is 4.30. The number of benzene rings is 2. The zero-order valence-corrected chi connectivity index (χ0v) is 10.8. The molecule has 3 rings (SSSR count). The summed E-state index contributed by atoms with van der Waals surface area (Å²) in [5.74, 6) is -1.52. The molecule has 0 radical (unpaired) electrons. The van der Waals surface area contributed by atoms with E-state index in [1.807, 2.05) is 18.2 Å². The maximum Gasteiger partial charge on any atom is 0.166 e. The van der Waals surface area contributed by atoms with Crippen LogP contribution in [0.4, 0.5) is 14.5 Å². The van der Waals surface area contributed by atoms with Crippen molar-refractivity contribution in [2.75, 3.05) is 11.9 Å². The molecule has 1 heterocycles. The van der Waals surface area contributed by atoms with Gasteiger partial charge in [-0.05, 0) is 48.6 Å². The van der Waals surface area contributed by atoms with Gasteiger partial charge in [-0.2, -0.15) is 0 Å². The molecule has 0 saturated heterocycles. The molecule has 0 saturated carbocycles. The van der Waals surface area contributed by atoms with Crippen LogP contribution in [0.1, 0.15) is 17.5 Å². The summed E-state index contributed by atoms with van der Waals surface area (Å²) in [6.07, 6.45) is 2.05. The lowest BCUT2D eigenvalue weighted by molar-refractivity contribution is 0.505. The van der Waals surface area contributed by atoms with Gasteiger partial charge in [0, 0.05) is 17.8 Å². The van der Waals surface area contributed by atoms with Gasteiger partial charge < -0.3 is 5.32 Å². The summed E-state index contributed by atoms with van der Waals surface area (Å²) in [5, 5.41) is 3.31. The molecule has 0 amide bonds. The molecule has 1 aliphatic rings. The van der Waals surface area contributed by atoms with Crippen LogP contribution in [0.2, 0.25) is 0 Å². The van der Waals surface area contributed by atoms with Gasteiger partial charge in [0.25, 0.3) is 0 Å². The van der Waals surface area contributed by atoms with Gasteiger partial charge in [0.15, 0.2) is 11.6 Å². The largest absolute Gasteiger partial charge is 0.385 e. The number of halogens is 2. The van der Waals surface area contributed by atoms with Gasteiger partial charge in [0.2, 0.25) is 0 Å². The van der Waals surface area contributed by atoms with E-state index in [2.05, 4.69) is 5.32 Å². The van der Waals surface area contributed by atoms with Crippen LogP contribution in [-0.2, 0) is 6.42 Å². The Morgan fingerprint density at radius 1 is 1.05 bits per heavy atom. The summed E-state index contributed by atoms with van der Waals surface area (Å²) in [6, 6.07) is 9.00. The first-order chi connectivity index (χ1) is 9.16. The van der Waals surface area contributed by atoms with E-state index in [1.54, 1.807) is 19.1 Å². The Morgan fingerprint density at radius 2 is 1.89 bits per heavy atom. The van der Waals surface area contributed by atoms with Gasteiger partial charge >= 0.3 is 0 Å². The molecule has 19 heavy (non-hydrogen) atoms. The molecule has 0 bridgehead atoms. The van der Waals surface area contributed by atoms with Crippen molar-refractivity contribution < 1.29 is 8.78 Å². The molecule has 1 N–H and O–H groups in total. The fraction of sp³-hybridized carbons (Fsp3) is 0.250. The summed E-state index contributed by atoms with van der Waals surface area (Å²) < 4.78 is 27.6. The first kappa shape index (κ1) is 12.2. The second-order valence-corrected chi connectivity index (χ2v) is 4.96. The van der Waals surface area contributed by atoms with E-state index in [1.165, 1.54) is 5.56 Å². The molecule has 3 heteroatoms. The van der Waals surface area contributed by atoms with Crippen molar-refractivity contribution in [2.24, 2.45) is 0 Å². The van der Waals surface area contributed by atoms with Crippen LogP contribution in [0.15, 0.2) is 30.3 Å². The van der Waals surface area contributed by atoms with Crippen LogP contribution in [0, 0.1) is 18.6 Å². The average Bonchev–Trinajstić information content (AvgIpc) is 2.44. The van der Waals surface area contributed by atoms with Gasteiger partial charge in [0.1, 0.15) is 0 Å². The minimum absolute atomic E-state index is 0.330. The van der Waals surface area contributed by atoms with Crippen molar-refractivity contribution >= 4 is 5.69 Å². The van der Waals surface area contributed by atoms with Crippen molar-refractivity contribution in [2.45, 2.75) is 19.8 Å². The van der Waals surface area contributed by atoms with E-state index >= 15 is 0 Å². The summed E-state index contributed by atoms with van der Waals surface area (Å²) in [5.41, 5.74) is 3.67. The Hall–Kier alpha value is -1.90. The zero-order valence-electron chi connectivity index (χ0n) is 10.8. The highest BCUT2D eigenvalue weighted by molar-refractivity contribution is 5.70. The van der Waals surface area contributed by atoms with Crippen LogP contribution >= 0.6 is 0 Å². The standard InChI is InChI=1S/C16H15F2N/c1-10-4-6-13(16(18)15(10)17)11-5-7-14-12(9-11)3-2-8-19-14/h4-7,9,19H,2-3,8H2,1H3. The van der Waals surface area contributed by atoms with Gasteiger partial charge in [0.05, 0.1) is 0 Å². The molecular formula is C16H15F2N. The van der Waals surface area contributed by atoms with Gasteiger partial charge in [-0.25, -0.2) is 8.78 Å². The maximum absolute atomic E-state index is 14.0. The number of anilines is 1. The molecule has 0 unspecified atom stereocenters. The normalized spacial score (nSPS) is 13.8. The van der Waals surface area contributed by atoms with Crippen molar-refractivity contribution in [1.82, 2.24) is 0 Å². The Bertz CT molecular complexity index is 635. The number of nitrogens with one attached hydrogen (secondary N) is 1. The third kappa shape index (κ3) is 2.09. The maximum atomic E-state index is 14.0. The Labute approximate surface area is 111 Å². The quantitative estimate of drug-likeness (QED) is 0.805. The summed E-state index contributed by atoms with van der Waals surface area (Å²) in [4.78, 5) is 0. The molecule has 0 atom stereocenters. The van der Waals surface area contributed by atoms with Gasteiger partial charge in [-0.1, -0.05) is 18.2 Å². The smallest absolute Gasteiger partial charge is 0.166 e. The number of rotatable bonds is 1. The van der Waals surface area contributed by atoms with Crippen molar-refractivity contribution in [3.8, 4) is 11.1 Å². The molecule has 0 spiro atoms. The van der Waals surface area contributed by atoms with E-state index in [4.69, 9.17) is 0 Å². The Balaban J connectivity index is 2.10. The van der Waals surface area contributed by atoms with Crippen molar-refractivity contribution in [1.29, 1.82) is 0 Å². The van der Waals surface area contributed by atoms with E-state index in [0.717, 1.165) is 30.6 Å². The summed E-state index contributed by atoms with van der Waals surface area (Å²) in [6.45, 7) is 2.54. The van der Waals surface area contributed by atoms with E-state index in [-0.39, 0.29) is 0 Å². The highest BCUT2D eigenvalue weighted by atomic mass is 19.2. The lowest BCUT2D eigenvalue weighted by Crippen LogP contribution is -2.11. The SMILES string of the molecule is Cc1ccc(-c2ccc3c(c2)CCCN3)c(F)c1F. The van der Waals surface area contributed by atoms with Crippen LogP contribution in [0.3, 0.4) is 0 Å². The number of hydrogen-bond acceptors (Lipinski definition) is 1. The number of hydrogen-bond donors (Lipinski definition) is 1. The molecule has 0 aromatic heterocycles. The lowest BCUT2D eigenvalue weighted by atomic mass is 9.96. The zero-order chi connectivity index (χ0) is 13.4. The fourth-order valence-corrected chi connectivity index (χ4v) is 2.51. The molecule has 0 fully saturated rings. The van der Waals surface area contributed by atoms with Crippen molar-refractivity contribution in [3.05, 3.63) is 53.1 Å².